The third-order valence-corrected chi connectivity index (χ3v) is 2.23. The van der Waals surface area contributed by atoms with Crippen molar-refractivity contribution in [2.45, 2.75) is 0 Å². The van der Waals surface area contributed by atoms with Gasteiger partial charge in [-0.2, -0.15) is 5.10 Å². The number of nitrogens with zero attached hydrogens (tertiary/aromatic N) is 1. The normalized spacial score (nSPS) is 10.8. The number of rotatable bonds is 5. The molecular weight excluding hydrogens is 261 g/mol. The first kappa shape index (κ1) is 13.5. The molecular formula is C11H11Cl2N3O. The van der Waals surface area contributed by atoms with Crippen LogP contribution in [0.5, 0.6) is 0 Å². The van der Waals surface area contributed by atoms with E-state index < -0.39 is 5.91 Å². The van der Waals surface area contributed by atoms with Crippen molar-refractivity contribution in [3.05, 3.63) is 41.9 Å². The van der Waals surface area contributed by atoms with Gasteiger partial charge < -0.3 is 5.32 Å². The minimum absolute atomic E-state index is 0.179. The highest BCUT2D eigenvalue weighted by molar-refractivity contribution is 6.82. The van der Waals surface area contributed by atoms with Gasteiger partial charge in [-0.25, -0.2) is 0 Å². The van der Waals surface area contributed by atoms with Crippen molar-refractivity contribution in [3.63, 3.8) is 0 Å². The van der Waals surface area contributed by atoms with Crippen LogP contribution in [-0.2, 0) is 4.79 Å². The summed E-state index contributed by atoms with van der Waals surface area (Å²) in [5, 5.41) is 6.66. The summed E-state index contributed by atoms with van der Waals surface area (Å²) in [6.07, 6.45) is 1.55. The van der Waals surface area contributed by atoms with E-state index in [9.17, 15) is 4.79 Å². The van der Waals surface area contributed by atoms with Crippen molar-refractivity contribution >= 4 is 40.0 Å². The summed E-state index contributed by atoms with van der Waals surface area (Å²) >= 11 is 11.4. The zero-order chi connectivity index (χ0) is 12.7. The van der Waals surface area contributed by atoms with Crippen molar-refractivity contribution in [1.29, 1.82) is 0 Å². The molecule has 0 aliphatic rings. The maximum absolute atomic E-state index is 11.3. The zero-order valence-electron chi connectivity index (χ0n) is 8.91. The molecule has 0 aromatic heterocycles. The molecule has 0 radical (unpaired) electrons. The second kappa shape index (κ2) is 6.93. The summed E-state index contributed by atoms with van der Waals surface area (Å²) < 4.78 is 0. The lowest BCUT2D eigenvalue weighted by Crippen LogP contribution is -2.28. The molecule has 0 fully saturated rings. The first-order valence-corrected chi connectivity index (χ1v) is 5.53. The third-order valence-electron chi connectivity index (χ3n) is 1.72. The van der Waals surface area contributed by atoms with Gasteiger partial charge in [0.1, 0.15) is 0 Å². The maximum Gasteiger partial charge on any atom is 0.283 e. The van der Waals surface area contributed by atoms with Crippen LogP contribution in [0.3, 0.4) is 0 Å². The van der Waals surface area contributed by atoms with E-state index in [0.29, 0.717) is 17.3 Å². The van der Waals surface area contributed by atoms with Crippen molar-refractivity contribution in [2.75, 3.05) is 12.0 Å². The SMILES string of the molecule is C=CCNC(=O)/C(Cl)=N/Nc1ccc(Cl)cc1. The Labute approximate surface area is 109 Å². The molecule has 4 nitrogen and oxygen atoms in total. The molecule has 0 saturated heterocycles. The highest BCUT2D eigenvalue weighted by atomic mass is 35.5. The van der Waals surface area contributed by atoms with Crippen molar-refractivity contribution in [3.8, 4) is 0 Å². The molecule has 6 heteroatoms. The van der Waals surface area contributed by atoms with E-state index in [1.807, 2.05) is 0 Å². The van der Waals surface area contributed by atoms with Crippen LogP contribution >= 0.6 is 23.2 Å². The number of halogens is 2. The van der Waals surface area contributed by atoms with Gasteiger partial charge in [-0.05, 0) is 24.3 Å². The van der Waals surface area contributed by atoms with Crippen LogP contribution in [0.2, 0.25) is 5.02 Å². The number of anilines is 1. The van der Waals surface area contributed by atoms with Crippen LogP contribution < -0.4 is 10.7 Å². The molecule has 1 aromatic rings. The molecule has 2 N–H and O–H groups in total. The highest BCUT2D eigenvalue weighted by Crippen LogP contribution is 2.13. The van der Waals surface area contributed by atoms with E-state index in [0.717, 1.165) is 0 Å². The van der Waals surface area contributed by atoms with Crippen LogP contribution in [-0.4, -0.2) is 17.6 Å². The van der Waals surface area contributed by atoms with Gasteiger partial charge in [-0.3, -0.25) is 10.2 Å². The van der Waals surface area contributed by atoms with Gasteiger partial charge in [-0.15, -0.1) is 6.58 Å². The lowest BCUT2D eigenvalue weighted by Gasteiger charge is -2.02. The number of amides is 1. The molecule has 0 unspecified atom stereocenters. The summed E-state index contributed by atoms with van der Waals surface area (Å²) in [5.41, 5.74) is 3.32. The average Bonchev–Trinajstić information content (AvgIpc) is 2.34. The molecule has 0 bridgehead atoms. The predicted molar refractivity (Wildman–Crippen MR) is 71.6 cm³/mol. The number of carbonyl (C=O) groups is 1. The lowest BCUT2D eigenvalue weighted by atomic mass is 10.3. The molecule has 90 valence electrons. The van der Waals surface area contributed by atoms with Gasteiger partial charge in [-0.1, -0.05) is 29.3 Å². The Kier molecular flexibility index (Phi) is 5.52. The molecule has 0 aliphatic carbocycles. The average molecular weight is 272 g/mol. The van der Waals surface area contributed by atoms with E-state index in [2.05, 4.69) is 22.4 Å². The van der Waals surface area contributed by atoms with E-state index in [-0.39, 0.29) is 5.17 Å². The first-order chi connectivity index (χ1) is 8.13. The molecule has 0 atom stereocenters. The van der Waals surface area contributed by atoms with Crippen LogP contribution in [0.1, 0.15) is 0 Å². The van der Waals surface area contributed by atoms with Gasteiger partial charge in [0.25, 0.3) is 5.91 Å². The van der Waals surface area contributed by atoms with E-state index in [1.165, 1.54) is 0 Å². The minimum atomic E-state index is -0.465. The molecule has 1 rings (SSSR count). The maximum atomic E-state index is 11.3. The standard InChI is InChI=1S/C11H11Cl2N3O/c1-2-7-14-11(17)10(13)16-15-9-5-3-8(12)4-6-9/h2-6,15H,1,7H2,(H,14,17)/b16-10-. The van der Waals surface area contributed by atoms with Crippen LogP contribution in [0, 0.1) is 0 Å². The van der Waals surface area contributed by atoms with Gasteiger partial charge in [0.2, 0.25) is 5.17 Å². The summed E-state index contributed by atoms with van der Waals surface area (Å²) in [7, 11) is 0. The van der Waals surface area contributed by atoms with Crippen LogP contribution in [0.4, 0.5) is 5.69 Å². The fourth-order valence-electron chi connectivity index (χ4n) is 0.927. The van der Waals surface area contributed by atoms with E-state index in [4.69, 9.17) is 23.2 Å². The second-order valence-electron chi connectivity index (χ2n) is 3.02. The molecule has 0 aliphatic heterocycles. The molecule has 0 heterocycles. The predicted octanol–water partition coefficient (Wildman–Crippen LogP) is 2.61. The Morgan fingerprint density at radius 3 is 2.65 bits per heavy atom. The number of hydrazone groups is 1. The Bertz CT molecular complexity index is 429. The van der Waals surface area contributed by atoms with Crippen LogP contribution in [0.15, 0.2) is 42.0 Å². The van der Waals surface area contributed by atoms with Crippen molar-refractivity contribution in [1.82, 2.24) is 5.32 Å². The fourth-order valence-corrected chi connectivity index (χ4v) is 1.16. The number of nitrogens with one attached hydrogen (secondary N) is 2. The third kappa shape index (κ3) is 4.89. The largest absolute Gasteiger partial charge is 0.346 e. The second-order valence-corrected chi connectivity index (χ2v) is 3.81. The number of hydrogen-bond acceptors (Lipinski definition) is 3. The van der Waals surface area contributed by atoms with Crippen molar-refractivity contribution < 1.29 is 4.79 Å². The fraction of sp³-hybridized carbons (Fsp3) is 0.0909. The molecule has 1 aromatic carbocycles. The monoisotopic (exact) mass is 271 g/mol. The first-order valence-electron chi connectivity index (χ1n) is 4.77. The Hall–Kier alpha value is -1.52. The number of benzene rings is 1. The van der Waals surface area contributed by atoms with Gasteiger partial charge in [0, 0.05) is 11.6 Å². The Balaban J connectivity index is 2.55. The summed E-state index contributed by atoms with van der Waals surface area (Å²) in [6.45, 7) is 3.81. The van der Waals surface area contributed by atoms with Crippen LogP contribution in [0.25, 0.3) is 0 Å². The lowest BCUT2D eigenvalue weighted by molar-refractivity contribution is -0.114. The summed E-state index contributed by atoms with van der Waals surface area (Å²) in [6, 6.07) is 6.84. The number of hydrogen-bond donors (Lipinski definition) is 2. The minimum Gasteiger partial charge on any atom is -0.346 e. The molecule has 17 heavy (non-hydrogen) atoms. The van der Waals surface area contributed by atoms with E-state index >= 15 is 0 Å². The smallest absolute Gasteiger partial charge is 0.283 e. The molecule has 0 spiro atoms. The van der Waals surface area contributed by atoms with E-state index in [1.54, 1.807) is 30.3 Å². The van der Waals surface area contributed by atoms with Gasteiger partial charge >= 0.3 is 0 Å². The highest BCUT2D eigenvalue weighted by Gasteiger charge is 2.06. The Morgan fingerprint density at radius 1 is 1.41 bits per heavy atom. The van der Waals surface area contributed by atoms with Gasteiger partial charge in [0.15, 0.2) is 0 Å². The Morgan fingerprint density at radius 2 is 2.06 bits per heavy atom. The summed E-state index contributed by atoms with van der Waals surface area (Å²) in [4.78, 5) is 11.3. The van der Waals surface area contributed by atoms with Gasteiger partial charge in [0.05, 0.1) is 5.69 Å². The quantitative estimate of drug-likeness (QED) is 0.492. The molecule has 0 saturated carbocycles. The van der Waals surface area contributed by atoms with Crippen molar-refractivity contribution in [2.24, 2.45) is 5.10 Å². The zero-order valence-corrected chi connectivity index (χ0v) is 10.4. The summed E-state index contributed by atoms with van der Waals surface area (Å²) in [5.74, 6) is -0.465. The molecule has 1 amide bonds. The topological polar surface area (TPSA) is 53.5 Å². The number of carbonyl (C=O) groups excluding carboxylic acids is 1.